The van der Waals surface area contributed by atoms with E-state index < -0.39 is 6.10 Å². The van der Waals surface area contributed by atoms with Gasteiger partial charge in [-0.1, -0.05) is 32.9 Å². The minimum absolute atomic E-state index is 0.00575. The number of nitrogens with one attached hydrogen (secondary N) is 1. The van der Waals surface area contributed by atoms with Crippen molar-refractivity contribution in [3.05, 3.63) is 29.3 Å². The summed E-state index contributed by atoms with van der Waals surface area (Å²) in [4.78, 5) is 15.0. The molecule has 1 N–H and O–H groups in total. The van der Waals surface area contributed by atoms with Crippen LogP contribution in [0.4, 0.5) is 0 Å². The van der Waals surface area contributed by atoms with Gasteiger partial charge in [-0.05, 0) is 68.7 Å². The Labute approximate surface area is 159 Å². The molecule has 1 aromatic rings. The maximum absolute atomic E-state index is 12.5. The van der Waals surface area contributed by atoms with Crippen LogP contribution >= 0.6 is 0 Å². The van der Waals surface area contributed by atoms with Gasteiger partial charge in [-0.15, -0.1) is 0 Å². The maximum Gasteiger partial charge on any atom is 0.261 e. The van der Waals surface area contributed by atoms with Crippen molar-refractivity contribution in [2.45, 2.75) is 60.0 Å². The van der Waals surface area contributed by atoms with Crippen LogP contribution < -0.4 is 10.1 Å². The van der Waals surface area contributed by atoms with Crippen molar-refractivity contribution in [2.75, 3.05) is 26.2 Å². The summed E-state index contributed by atoms with van der Waals surface area (Å²) < 4.78 is 5.99. The van der Waals surface area contributed by atoms with Crippen LogP contribution in [0, 0.1) is 25.7 Å². The van der Waals surface area contributed by atoms with E-state index in [2.05, 4.69) is 30.1 Å². The van der Waals surface area contributed by atoms with Gasteiger partial charge < -0.3 is 15.0 Å². The molecule has 0 bridgehead atoms. The van der Waals surface area contributed by atoms with Crippen LogP contribution in [0.25, 0.3) is 0 Å². The standard InChI is InChI=1S/C22H36N2O2/c1-6-20(26-21-13-16(2)8-9-19(21)5)22(25)23-10-7-11-24-14-17(3)12-18(4)15-24/h8-9,13,17-18,20H,6-7,10-12,14-15H2,1-5H3,(H,23,25)/t17-,18-,20-/m0/s1. The van der Waals surface area contributed by atoms with Crippen molar-refractivity contribution in [2.24, 2.45) is 11.8 Å². The fraction of sp³-hybridized carbons (Fsp3) is 0.682. The number of hydrogen-bond acceptors (Lipinski definition) is 3. The molecule has 0 radical (unpaired) electrons. The molecule has 4 heteroatoms. The van der Waals surface area contributed by atoms with E-state index in [9.17, 15) is 4.79 Å². The molecule has 26 heavy (non-hydrogen) atoms. The van der Waals surface area contributed by atoms with Gasteiger partial charge in [0, 0.05) is 19.6 Å². The molecule has 1 aromatic carbocycles. The lowest BCUT2D eigenvalue weighted by molar-refractivity contribution is -0.128. The Hall–Kier alpha value is -1.55. The van der Waals surface area contributed by atoms with Gasteiger partial charge in [-0.2, -0.15) is 0 Å². The second-order valence-electron chi connectivity index (χ2n) is 8.13. The number of rotatable bonds is 8. The van der Waals surface area contributed by atoms with Crippen molar-refractivity contribution in [3.63, 3.8) is 0 Å². The molecule has 0 unspecified atom stereocenters. The first kappa shape index (κ1) is 20.8. The van der Waals surface area contributed by atoms with E-state index in [1.165, 1.54) is 19.5 Å². The third kappa shape index (κ3) is 6.31. The third-order valence-corrected chi connectivity index (χ3v) is 5.17. The van der Waals surface area contributed by atoms with Gasteiger partial charge in [-0.3, -0.25) is 4.79 Å². The fourth-order valence-corrected chi connectivity index (χ4v) is 3.91. The Morgan fingerprint density at radius 1 is 1.27 bits per heavy atom. The summed E-state index contributed by atoms with van der Waals surface area (Å²) in [6.07, 6.45) is 2.57. The minimum atomic E-state index is -0.425. The number of carbonyl (C=O) groups is 1. The predicted octanol–water partition coefficient (Wildman–Crippen LogP) is 3.95. The summed E-state index contributed by atoms with van der Waals surface area (Å²) in [6, 6.07) is 6.10. The van der Waals surface area contributed by atoms with E-state index in [1.807, 2.05) is 32.9 Å². The monoisotopic (exact) mass is 360 g/mol. The minimum Gasteiger partial charge on any atom is -0.480 e. The molecule has 0 aliphatic carbocycles. The van der Waals surface area contributed by atoms with Crippen molar-refractivity contribution in [3.8, 4) is 5.75 Å². The largest absolute Gasteiger partial charge is 0.480 e. The lowest BCUT2D eigenvalue weighted by atomic mass is 9.92. The van der Waals surface area contributed by atoms with Crippen LogP contribution in [-0.4, -0.2) is 43.1 Å². The highest BCUT2D eigenvalue weighted by Gasteiger charge is 2.22. The summed E-state index contributed by atoms with van der Waals surface area (Å²) in [7, 11) is 0. The van der Waals surface area contributed by atoms with Crippen molar-refractivity contribution < 1.29 is 9.53 Å². The number of benzene rings is 1. The van der Waals surface area contributed by atoms with Crippen molar-refractivity contribution in [1.29, 1.82) is 0 Å². The van der Waals surface area contributed by atoms with Gasteiger partial charge in [-0.25, -0.2) is 0 Å². The highest BCUT2D eigenvalue weighted by Crippen LogP contribution is 2.22. The van der Waals surface area contributed by atoms with E-state index in [-0.39, 0.29) is 5.91 Å². The molecule has 3 atom stereocenters. The normalized spacial score (nSPS) is 22.0. The molecule has 4 nitrogen and oxygen atoms in total. The number of aryl methyl sites for hydroxylation is 2. The Bertz CT molecular complexity index is 578. The highest BCUT2D eigenvalue weighted by molar-refractivity contribution is 5.81. The SMILES string of the molecule is CC[C@H](Oc1cc(C)ccc1C)C(=O)NCCCN1C[C@@H](C)C[C@H](C)C1. The molecule has 146 valence electrons. The molecule has 1 heterocycles. The summed E-state index contributed by atoms with van der Waals surface area (Å²) in [5, 5.41) is 3.06. The van der Waals surface area contributed by atoms with Gasteiger partial charge in [0.05, 0.1) is 0 Å². The van der Waals surface area contributed by atoms with Crippen molar-refractivity contribution >= 4 is 5.91 Å². The molecular formula is C22H36N2O2. The summed E-state index contributed by atoms with van der Waals surface area (Å²) >= 11 is 0. The second kappa shape index (κ2) is 9.96. The van der Waals surface area contributed by atoms with E-state index in [4.69, 9.17) is 4.74 Å². The topological polar surface area (TPSA) is 41.6 Å². The Morgan fingerprint density at radius 2 is 1.96 bits per heavy atom. The van der Waals surface area contributed by atoms with Crippen LogP contribution in [0.15, 0.2) is 18.2 Å². The van der Waals surface area contributed by atoms with Crippen LogP contribution in [0.2, 0.25) is 0 Å². The molecule has 0 aromatic heterocycles. The van der Waals surface area contributed by atoms with Crippen molar-refractivity contribution in [1.82, 2.24) is 10.2 Å². The molecule has 1 aliphatic rings. The smallest absolute Gasteiger partial charge is 0.261 e. The van der Waals surface area contributed by atoms with E-state index >= 15 is 0 Å². The summed E-state index contributed by atoms with van der Waals surface area (Å²) in [6.45, 7) is 14.9. The van der Waals surface area contributed by atoms with E-state index in [1.54, 1.807) is 0 Å². The zero-order valence-electron chi connectivity index (χ0n) is 17.2. The molecule has 1 aliphatic heterocycles. The zero-order valence-corrected chi connectivity index (χ0v) is 17.2. The molecule has 0 spiro atoms. The fourth-order valence-electron chi connectivity index (χ4n) is 3.91. The first-order valence-electron chi connectivity index (χ1n) is 10.1. The maximum atomic E-state index is 12.5. The number of hydrogen-bond donors (Lipinski definition) is 1. The van der Waals surface area contributed by atoms with Crippen LogP contribution in [0.3, 0.4) is 0 Å². The number of nitrogens with zero attached hydrogens (tertiary/aromatic N) is 1. The van der Waals surface area contributed by atoms with E-state index in [0.29, 0.717) is 13.0 Å². The molecule has 1 amide bonds. The van der Waals surface area contributed by atoms with Gasteiger partial charge in [0.25, 0.3) is 5.91 Å². The van der Waals surface area contributed by atoms with Gasteiger partial charge >= 0.3 is 0 Å². The lowest BCUT2D eigenvalue weighted by Crippen LogP contribution is -2.42. The average Bonchev–Trinajstić information content (AvgIpc) is 2.58. The highest BCUT2D eigenvalue weighted by atomic mass is 16.5. The molecular weight excluding hydrogens is 324 g/mol. The number of likely N-dealkylation sites (tertiary alicyclic amines) is 1. The Kier molecular flexibility index (Phi) is 7.95. The molecule has 0 saturated carbocycles. The Morgan fingerprint density at radius 3 is 2.62 bits per heavy atom. The predicted molar refractivity (Wildman–Crippen MR) is 108 cm³/mol. The lowest BCUT2D eigenvalue weighted by Gasteiger charge is -2.35. The van der Waals surface area contributed by atoms with Gasteiger partial charge in [0.2, 0.25) is 0 Å². The molecule has 1 fully saturated rings. The second-order valence-corrected chi connectivity index (χ2v) is 8.13. The number of amides is 1. The van der Waals surface area contributed by atoms with Crippen LogP contribution in [0.5, 0.6) is 5.75 Å². The summed E-state index contributed by atoms with van der Waals surface area (Å²) in [5.41, 5.74) is 2.21. The number of carbonyl (C=O) groups excluding carboxylic acids is 1. The van der Waals surface area contributed by atoms with Gasteiger partial charge in [0.1, 0.15) is 5.75 Å². The number of ether oxygens (including phenoxy) is 1. The summed E-state index contributed by atoms with van der Waals surface area (Å²) in [5.74, 6) is 2.37. The molecule has 1 saturated heterocycles. The van der Waals surface area contributed by atoms with E-state index in [0.717, 1.165) is 41.7 Å². The van der Waals surface area contributed by atoms with Crippen LogP contribution in [0.1, 0.15) is 51.2 Å². The Balaban J connectivity index is 1.75. The van der Waals surface area contributed by atoms with Gasteiger partial charge in [0.15, 0.2) is 6.10 Å². The molecule has 2 rings (SSSR count). The number of piperidine rings is 1. The van der Waals surface area contributed by atoms with Crippen LogP contribution in [-0.2, 0) is 4.79 Å². The average molecular weight is 361 g/mol. The quantitative estimate of drug-likeness (QED) is 0.714. The first-order chi connectivity index (χ1) is 12.4. The zero-order chi connectivity index (χ0) is 19.1. The first-order valence-corrected chi connectivity index (χ1v) is 10.1. The third-order valence-electron chi connectivity index (χ3n) is 5.17.